The Bertz CT molecular complexity index is 247. The van der Waals surface area contributed by atoms with Crippen LogP contribution in [0.25, 0.3) is 0 Å². The molecule has 78 valence electrons. The standard InChI is InChI=1S/C11H18N2O/c1-3-11(14-2)10(12)8-9-4-6-13-7-5-9/h4-7,10-11H,3,8,12H2,1-2H3. The lowest BCUT2D eigenvalue weighted by Gasteiger charge is -2.20. The minimum atomic E-state index is 0.0624. The van der Waals surface area contributed by atoms with Gasteiger partial charge in [-0.05, 0) is 30.5 Å². The lowest BCUT2D eigenvalue weighted by atomic mass is 10.0. The maximum absolute atomic E-state index is 6.03. The summed E-state index contributed by atoms with van der Waals surface area (Å²) in [6, 6.07) is 4.04. The van der Waals surface area contributed by atoms with Crippen LogP contribution in [-0.2, 0) is 11.2 Å². The van der Waals surface area contributed by atoms with Gasteiger partial charge in [0.05, 0.1) is 6.10 Å². The molecular weight excluding hydrogens is 176 g/mol. The second-order valence-electron chi connectivity index (χ2n) is 3.41. The van der Waals surface area contributed by atoms with Gasteiger partial charge in [-0.25, -0.2) is 0 Å². The van der Waals surface area contributed by atoms with Crippen molar-refractivity contribution in [3.05, 3.63) is 30.1 Å². The summed E-state index contributed by atoms with van der Waals surface area (Å²) in [6.45, 7) is 2.08. The smallest absolute Gasteiger partial charge is 0.0722 e. The van der Waals surface area contributed by atoms with Crippen molar-refractivity contribution in [2.24, 2.45) is 5.73 Å². The maximum Gasteiger partial charge on any atom is 0.0722 e. The Kier molecular flexibility index (Phi) is 4.56. The Labute approximate surface area is 85.3 Å². The molecule has 14 heavy (non-hydrogen) atoms. The lowest BCUT2D eigenvalue weighted by Crippen LogP contribution is -2.37. The van der Waals surface area contributed by atoms with Gasteiger partial charge < -0.3 is 10.5 Å². The van der Waals surface area contributed by atoms with Gasteiger partial charge in [-0.1, -0.05) is 6.92 Å². The average molecular weight is 194 g/mol. The van der Waals surface area contributed by atoms with Crippen LogP contribution in [0.3, 0.4) is 0 Å². The fourth-order valence-electron chi connectivity index (χ4n) is 1.57. The van der Waals surface area contributed by atoms with Gasteiger partial charge >= 0.3 is 0 Å². The van der Waals surface area contributed by atoms with Gasteiger partial charge in [-0.3, -0.25) is 4.98 Å². The third-order valence-electron chi connectivity index (χ3n) is 2.40. The molecule has 2 atom stereocenters. The highest BCUT2D eigenvalue weighted by Gasteiger charge is 2.15. The first-order chi connectivity index (χ1) is 6.77. The molecule has 3 heteroatoms. The molecule has 0 fully saturated rings. The summed E-state index contributed by atoms with van der Waals surface area (Å²) < 4.78 is 5.29. The van der Waals surface area contributed by atoms with Gasteiger partial charge in [-0.15, -0.1) is 0 Å². The molecule has 0 bridgehead atoms. The van der Waals surface area contributed by atoms with E-state index in [9.17, 15) is 0 Å². The quantitative estimate of drug-likeness (QED) is 0.770. The van der Waals surface area contributed by atoms with E-state index < -0.39 is 0 Å². The van der Waals surface area contributed by atoms with Crippen molar-refractivity contribution in [2.45, 2.75) is 31.9 Å². The molecule has 0 radical (unpaired) electrons. The van der Waals surface area contributed by atoms with E-state index in [-0.39, 0.29) is 12.1 Å². The van der Waals surface area contributed by atoms with E-state index in [0.29, 0.717) is 0 Å². The van der Waals surface area contributed by atoms with Crippen LogP contribution in [0.5, 0.6) is 0 Å². The molecule has 1 aromatic rings. The fraction of sp³-hybridized carbons (Fsp3) is 0.545. The molecule has 0 amide bonds. The second-order valence-corrected chi connectivity index (χ2v) is 3.41. The van der Waals surface area contributed by atoms with Crippen LogP contribution in [0.15, 0.2) is 24.5 Å². The van der Waals surface area contributed by atoms with Gasteiger partial charge in [0.1, 0.15) is 0 Å². The highest BCUT2D eigenvalue weighted by atomic mass is 16.5. The number of nitrogens with zero attached hydrogens (tertiary/aromatic N) is 1. The Morgan fingerprint density at radius 2 is 2.07 bits per heavy atom. The first-order valence-electron chi connectivity index (χ1n) is 4.95. The third kappa shape index (κ3) is 3.09. The van der Waals surface area contributed by atoms with Crippen LogP contribution in [0.1, 0.15) is 18.9 Å². The first-order valence-corrected chi connectivity index (χ1v) is 4.95. The Balaban J connectivity index is 2.52. The maximum atomic E-state index is 6.03. The van der Waals surface area contributed by atoms with Crippen molar-refractivity contribution in [2.75, 3.05) is 7.11 Å². The monoisotopic (exact) mass is 194 g/mol. The second kappa shape index (κ2) is 5.73. The number of ether oxygens (including phenoxy) is 1. The number of aromatic nitrogens is 1. The van der Waals surface area contributed by atoms with E-state index in [1.807, 2.05) is 12.1 Å². The van der Waals surface area contributed by atoms with E-state index >= 15 is 0 Å². The molecule has 3 nitrogen and oxygen atoms in total. The van der Waals surface area contributed by atoms with Crippen molar-refractivity contribution in [1.29, 1.82) is 0 Å². The highest BCUT2D eigenvalue weighted by Crippen LogP contribution is 2.07. The summed E-state index contributed by atoms with van der Waals surface area (Å²) in [5.74, 6) is 0. The third-order valence-corrected chi connectivity index (χ3v) is 2.40. The summed E-state index contributed by atoms with van der Waals surface area (Å²) in [5, 5.41) is 0. The minimum Gasteiger partial charge on any atom is -0.380 e. The van der Waals surface area contributed by atoms with Gasteiger partial charge in [0.25, 0.3) is 0 Å². The molecule has 0 aromatic carbocycles. The van der Waals surface area contributed by atoms with E-state index in [2.05, 4.69) is 11.9 Å². The van der Waals surface area contributed by atoms with Crippen LogP contribution in [-0.4, -0.2) is 24.2 Å². The van der Waals surface area contributed by atoms with Crippen LogP contribution in [0.4, 0.5) is 0 Å². The number of pyridine rings is 1. The molecule has 0 saturated heterocycles. The molecule has 0 aliphatic carbocycles. The fourth-order valence-corrected chi connectivity index (χ4v) is 1.57. The zero-order chi connectivity index (χ0) is 10.4. The van der Waals surface area contributed by atoms with E-state index in [4.69, 9.17) is 10.5 Å². The molecule has 1 aromatic heterocycles. The SMILES string of the molecule is CCC(OC)C(N)Cc1ccncc1. The molecule has 1 heterocycles. The Morgan fingerprint density at radius 1 is 1.43 bits per heavy atom. The topological polar surface area (TPSA) is 48.1 Å². The van der Waals surface area contributed by atoms with Crippen molar-refractivity contribution < 1.29 is 4.74 Å². The number of hydrogen-bond donors (Lipinski definition) is 1. The highest BCUT2D eigenvalue weighted by molar-refractivity contribution is 5.11. The predicted molar refractivity (Wildman–Crippen MR) is 57.0 cm³/mol. The van der Waals surface area contributed by atoms with Crippen molar-refractivity contribution in [3.63, 3.8) is 0 Å². The molecule has 0 saturated carbocycles. The molecule has 0 aliphatic rings. The van der Waals surface area contributed by atoms with Crippen molar-refractivity contribution in [1.82, 2.24) is 4.98 Å². The van der Waals surface area contributed by atoms with Gasteiger partial charge in [0, 0.05) is 25.5 Å². The molecular formula is C11H18N2O. The van der Waals surface area contributed by atoms with Crippen LogP contribution < -0.4 is 5.73 Å². The zero-order valence-corrected chi connectivity index (χ0v) is 8.81. The Morgan fingerprint density at radius 3 is 2.57 bits per heavy atom. The average Bonchev–Trinajstić information content (AvgIpc) is 2.21. The summed E-state index contributed by atoms with van der Waals surface area (Å²) in [5.41, 5.74) is 7.24. The van der Waals surface area contributed by atoms with Gasteiger partial charge in [0.15, 0.2) is 0 Å². The number of rotatable bonds is 5. The van der Waals surface area contributed by atoms with Crippen LogP contribution in [0, 0.1) is 0 Å². The molecule has 0 aliphatic heterocycles. The van der Waals surface area contributed by atoms with Crippen LogP contribution >= 0.6 is 0 Å². The van der Waals surface area contributed by atoms with E-state index in [0.717, 1.165) is 12.8 Å². The predicted octanol–water partition coefficient (Wildman–Crippen LogP) is 1.38. The van der Waals surface area contributed by atoms with Crippen LogP contribution in [0.2, 0.25) is 0 Å². The van der Waals surface area contributed by atoms with Crippen molar-refractivity contribution in [3.8, 4) is 0 Å². The van der Waals surface area contributed by atoms with Gasteiger partial charge in [-0.2, -0.15) is 0 Å². The van der Waals surface area contributed by atoms with Gasteiger partial charge in [0.2, 0.25) is 0 Å². The number of methoxy groups -OCH3 is 1. The first kappa shape index (κ1) is 11.1. The minimum absolute atomic E-state index is 0.0624. The summed E-state index contributed by atoms with van der Waals surface area (Å²) in [6.07, 6.45) is 5.51. The number of hydrogen-bond acceptors (Lipinski definition) is 3. The number of nitrogens with two attached hydrogens (primary N) is 1. The summed E-state index contributed by atoms with van der Waals surface area (Å²) in [7, 11) is 1.71. The molecule has 0 spiro atoms. The summed E-state index contributed by atoms with van der Waals surface area (Å²) in [4.78, 5) is 3.97. The van der Waals surface area contributed by atoms with Crippen molar-refractivity contribution >= 4 is 0 Å². The molecule has 1 rings (SSSR count). The lowest BCUT2D eigenvalue weighted by molar-refractivity contribution is 0.0773. The van der Waals surface area contributed by atoms with E-state index in [1.165, 1.54) is 5.56 Å². The largest absolute Gasteiger partial charge is 0.380 e. The molecule has 2 unspecified atom stereocenters. The zero-order valence-electron chi connectivity index (χ0n) is 8.81. The Hall–Kier alpha value is -0.930. The normalized spacial score (nSPS) is 15.1. The summed E-state index contributed by atoms with van der Waals surface area (Å²) >= 11 is 0. The molecule has 2 N–H and O–H groups in total. The van der Waals surface area contributed by atoms with E-state index in [1.54, 1.807) is 19.5 Å².